The summed E-state index contributed by atoms with van der Waals surface area (Å²) in [4.78, 5) is 12.9. The topological polar surface area (TPSA) is 75.7 Å². The Labute approximate surface area is 202 Å². The number of rotatable bonds is 10. The molecule has 180 valence electrons. The average molecular weight is 493 g/mol. The minimum absolute atomic E-state index is 0.0252. The third-order valence-electron chi connectivity index (χ3n) is 6.42. The molecule has 1 aliphatic rings. The molecule has 0 unspecified atom stereocenters. The van der Waals surface area contributed by atoms with E-state index < -0.39 is 10.0 Å². The van der Waals surface area contributed by atoms with E-state index in [0.717, 1.165) is 24.0 Å². The standard InChI is InChI=1S/C25H33ClN2O4S/c1-3-28(4-2)33(30,31)23-11-8-20(9-12-23)10-13-24(29)27-19-25(14-16-32-17-15-25)21-6-5-7-22(26)18-21/h5-9,11-12,18H,3-4,10,13-17,19H2,1-2H3,(H,27,29). The van der Waals surface area contributed by atoms with Crippen LogP contribution in [0.15, 0.2) is 53.4 Å². The maximum atomic E-state index is 12.6. The van der Waals surface area contributed by atoms with Crippen LogP contribution in [-0.4, -0.2) is 51.5 Å². The second kappa shape index (κ2) is 11.5. The highest BCUT2D eigenvalue weighted by molar-refractivity contribution is 7.89. The summed E-state index contributed by atoms with van der Waals surface area (Å²) in [7, 11) is -3.47. The third kappa shape index (κ3) is 6.35. The van der Waals surface area contributed by atoms with Crippen LogP contribution in [0.4, 0.5) is 0 Å². The molecule has 0 atom stereocenters. The fourth-order valence-corrected chi connectivity index (χ4v) is 5.95. The van der Waals surface area contributed by atoms with Crippen molar-refractivity contribution < 1.29 is 17.9 Å². The Kier molecular flexibility index (Phi) is 8.93. The van der Waals surface area contributed by atoms with Gasteiger partial charge in [0, 0.05) is 49.7 Å². The molecule has 0 radical (unpaired) electrons. The molecule has 0 saturated carbocycles. The number of hydrogen-bond donors (Lipinski definition) is 1. The van der Waals surface area contributed by atoms with Gasteiger partial charge in [0.25, 0.3) is 0 Å². The van der Waals surface area contributed by atoms with Crippen molar-refractivity contribution in [2.45, 2.75) is 49.8 Å². The molecular weight excluding hydrogens is 460 g/mol. The molecule has 0 aliphatic carbocycles. The summed E-state index contributed by atoms with van der Waals surface area (Å²) < 4.78 is 32.2. The van der Waals surface area contributed by atoms with Crippen molar-refractivity contribution >= 4 is 27.5 Å². The van der Waals surface area contributed by atoms with Crippen molar-refractivity contribution in [3.8, 4) is 0 Å². The Morgan fingerprint density at radius 1 is 1.09 bits per heavy atom. The number of benzene rings is 2. The van der Waals surface area contributed by atoms with Crippen LogP contribution in [0.3, 0.4) is 0 Å². The number of ether oxygens (including phenoxy) is 1. The number of aryl methyl sites for hydroxylation is 1. The summed E-state index contributed by atoms with van der Waals surface area (Å²) in [6, 6.07) is 14.7. The lowest BCUT2D eigenvalue weighted by Crippen LogP contribution is -2.44. The lowest BCUT2D eigenvalue weighted by Gasteiger charge is -2.38. The second-order valence-corrected chi connectivity index (χ2v) is 10.8. The molecule has 6 nitrogen and oxygen atoms in total. The van der Waals surface area contributed by atoms with Gasteiger partial charge in [-0.2, -0.15) is 4.31 Å². The molecule has 1 aliphatic heterocycles. The number of halogens is 1. The maximum absolute atomic E-state index is 12.6. The van der Waals surface area contributed by atoms with E-state index in [4.69, 9.17) is 16.3 Å². The Balaban J connectivity index is 1.58. The van der Waals surface area contributed by atoms with Crippen molar-refractivity contribution in [1.82, 2.24) is 9.62 Å². The first-order chi connectivity index (χ1) is 15.8. The summed E-state index contributed by atoms with van der Waals surface area (Å²) in [5.74, 6) is -0.0252. The number of hydrogen-bond acceptors (Lipinski definition) is 4. The normalized spacial score (nSPS) is 16.0. The highest BCUT2D eigenvalue weighted by Crippen LogP contribution is 2.35. The number of sulfonamides is 1. The number of nitrogens with zero attached hydrogens (tertiary/aromatic N) is 1. The molecule has 1 saturated heterocycles. The molecule has 0 spiro atoms. The van der Waals surface area contributed by atoms with E-state index in [1.54, 1.807) is 24.3 Å². The summed E-state index contributed by atoms with van der Waals surface area (Å²) >= 11 is 6.22. The zero-order valence-electron chi connectivity index (χ0n) is 19.3. The Bertz CT molecular complexity index is 1030. The van der Waals surface area contributed by atoms with Crippen LogP contribution in [-0.2, 0) is 31.4 Å². The molecule has 1 N–H and O–H groups in total. The average Bonchev–Trinajstić information content (AvgIpc) is 2.83. The van der Waals surface area contributed by atoms with Gasteiger partial charge in [0.2, 0.25) is 15.9 Å². The van der Waals surface area contributed by atoms with Gasteiger partial charge in [0.05, 0.1) is 4.90 Å². The fraction of sp³-hybridized carbons (Fsp3) is 0.480. The molecule has 1 amide bonds. The largest absolute Gasteiger partial charge is 0.381 e. The summed E-state index contributed by atoms with van der Waals surface area (Å²) in [5, 5.41) is 3.80. The first kappa shape index (κ1) is 25.7. The second-order valence-electron chi connectivity index (χ2n) is 8.41. The SMILES string of the molecule is CCN(CC)S(=O)(=O)c1ccc(CCC(=O)NCC2(c3cccc(Cl)c3)CCOCC2)cc1. The Hall–Kier alpha value is -1.93. The van der Waals surface area contributed by atoms with Crippen LogP contribution < -0.4 is 5.32 Å². The number of carbonyl (C=O) groups excluding carboxylic acids is 1. The summed E-state index contributed by atoms with van der Waals surface area (Å²) in [5.41, 5.74) is 1.88. The molecule has 3 rings (SSSR count). The van der Waals surface area contributed by atoms with Gasteiger partial charge in [-0.25, -0.2) is 8.42 Å². The predicted molar refractivity (Wildman–Crippen MR) is 131 cm³/mol. The van der Waals surface area contributed by atoms with Gasteiger partial charge in [-0.15, -0.1) is 0 Å². The van der Waals surface area contributed by atoms with Crippen LogP contribution in [0.1, 0.15) is 44.2 Å². The van der Waals surface area contributed by atoms with E-state index in [1.807, 2.05) is 32.0 Å². The van der Waals surface area contributed by atoms with Crippen molar-refractivity contribution in [1.29, 1.82) is 0 Å². The molecule has 8 heteroatoms. The van der Waals surface area contributed by atoms with Gasteiger partial charge in [0.15, 0.2) is 0 Å². The summed E-state index contributed by atoms with van der Waals surface area (Å²) in [6.45, 7) is 6.37. The predicted octanol–water partition coefficient (Wildman–Crippen LogP) is 4.17. The van der Waals surface area contributed by atoms with Crippen molar-refractivity contribution in [3.05, 3.63) is 64.7 Å². The molecule has 0 bridgehead atoms. The Morgan fingerprint density at radius 3 is 2.36 bits per heavy atom. The van der Waals surface area contributed by atoms with Gasteiger partial charge < -0.3 is 10.1 Å². The number of carbonyl (C=O) groups is 1. The molecule has 2 aromatic rings. The van der Waals surface area contributed by atoms with Gasteiger partial charge in [-0.1, -0.05) is 49.7 Å². The molecule has 33 heavy (non-hydrogen) atoms. The van der Waals surface area contributed by atoms with Gasteiger partial charge in [0.1, 0.15) is 0 Å². The number of nitrogens with one attached hydrogen (secondary N) is 1. The smallest absolute Gasteiger partial charge is 0.243 e. The van der Waals surface area contributed by atoms with E-state index in [2.05, 4.69) is 11.4 Å². The lowest BCUT2D eigenvalue weighted by atomic mass is 9.74. The first-order valence-corrected chi connectivity index (χ1v) is 13.3. The monoisotopic (exact) mass is 492 g/mol. The molecular formula is C25H33ClN2O4S. The minimum atomic E-state index is -3.47. The lowest BCUT2D eigenvalue weighted by molar-refractivity contribution is -0.121. The molecule has 2 aromatic carbocycles. The maximum Gasteiger partial charge on any atom is 0.243 e. The number of amides is 1. The van der Waals surface area contributed by atoms with Crippen LogP contribution in [0.5, 0.6) is 0 Å². The van der Waals surface area contributed by atoms with E-state index in [0.29, 0.717) is 50.7 Å². The van der Waals surface area contributed by atoms with Crippen LogP contribution in [0, 0.1) is 0 Å². The van der Waals surface area contributed by atoms with E-state index in [9.17, 15) is 13.2 Å². The highest BCUT2D eigenvalue weighted by Gasteiger charge is 2.35. The minimum Gasteiger partial charge on any atom is -0.381 e. The highest BCUT2D eigenvalue weighted by atomic mass is 35.5. The van der Waals surface area contributed by atoms with Crippen LogP contribution >= 0.6 is 11.6 Å². The zero-order valence-corrected chi connectivity index (χ0v) is 20.9. The molecule has 1 heterocycles. The van der Waals surface area contributed by atoms with Crippen LogP contribution in [0.25, 0.3) is 0 Å². The van der Waals surface area contributed by atoms with E-state index in [-0.39, 0.29) is 16.2 Å². The quantitative estimate of drug-likeness (QED) is 0.540. The van der Waals surface area contributed by atoms with Crippen molar-refractivity contribution in [3.63, 3.8) is 0 Å². The third-order valence-corrected chi connectivity index (χ3v) is 8.72. The van der Waals surface area contributed by atoms with Gasteiger partial charge >= 0.3 is 0 Å². The van der Waals surface area contributed by atoms with E-state index in [1.165, 1.54) is 4.31 Å². The summed E-state index contributed by atoms with van der Waals surface area (Å²) in [6.07, 6.45) is 2.54. The zero-order chi connectivity index (χ0) is 23.9. The van der Waals surface area contributed by atoms with Gasteiger partial charge in [-0.3, -0.25) is 4.79 Å². The van der Waals surface area contributed by atoms with E-state index >= 15 is 0 Å². The van der Waals surface area contributed by atoms with Crippen molar-refractivity contribution in [2.24, 2.45) is 0 Å². The van der Waals surface area contributed by atoms with Crippen molar-refractivity contribution in [2.75, 3.05) is 32.8 Å². The van der Waals surface area contributed by atoms with Crippen LogP contribution in [0.2, 0.25) is 5.02 Å². The molecule has 1 fully saturated rings. The first-order valence-electron chi connectivity index (χ1n) is 11.5. The van der Waals surface area contributed by atoms with Gasteiger partial charge in [-0.05, 0) is 54.7 Å². The Morgan fingerprint density at radius 2 is 1.76 bits per heavy atom. The molecule has 0 aromatic heterocycles. The fourth-order valence-electron chi connectivity index (χ4n) is 4.30.